The Labute approximate surface area is 166 Å². The highest BCUT2D eigenvalue weighted by molar-refractivity contribution is 6.30. The first-order valence-electron chi connectivity index (χ1n) is 9.32. The molecule has 0 bridgehead atoms. The lowest BCUT2D eigenvalue weighted by Gasteiger charge is -2.36. The van der Waals surface area contributed by atoms with Crippen molar-refractivity contribution in [2.45, 2.75) is 12.5 Å². The van der Waals surface area contributed by atoms with E-state index in [9.17, 15) is 5.11 Å². The molecule has 2 aromatic rings. The first-order chi connectivity index (χ1) is 13.1. The summed E-state index contributed by atoms with van der Waals surface area (Å²) in [5.41, 5.74) is 1.23. The number of hydrogen-bond donors (Lipinski definition) is 1. The molecule has 1 heterocycles. The lowest BCUT2D eigenvalue weighted by Crippen LogP contribution is -2.47. The molecule has 0 amide bonds. The lowest BCUT2D eigenvalue weighted by molar-refractivity contribution is 0.0866. The highest BCUT2D eigenvalue weighted by atomic mass is 35.5. The van der Waals surface area contributed by atoms with Crippen molar-refractivity contribution < 1.29 is 14.6 Å². The molecule has 1 unspecified atom stereocenters. The molecule has 2 aromatic carbocycles. The average molecular weight is 391 g/mol. The van der Waals surface area contributed by atoms with Gasteiger partial charge in [0.05, 0.1) is 13.2 Å². The largest absolute Gasteiger partial charge is 0.497 e. The van der Waals surface area contributed by atoms with Crippen molar-refractivity contribution in [3.05, 3.63) is 53.6 Å². The summed E-state index contributed by atoms with van der Waals surface area (Å²) in [6.45, 7) is 5.15. The molecule has 1 aliphatic rings. The number of piperazine rings is 1. The lowest BCUT2D eigenvalue weighted by atomic mass is 10.2. The second-order valence-corrected chi connectivity index (χ2v) is 7.17. The molecule has 0 saturated carbocycles. The summed E-state index contributed by atoms with van der Waals surface area (Å²) >= 11 is 5.85. The fraction of sp³-hybridized carbons (Fsp3) is 0.429. The average Bonchev–Trinajstić information content (AvgIpc) is 2.72. The van der Waals surface area contributed by atoms with E-state index in [1.54, 1.807) is 19.2 Å². The number of aliphatic hydroxyl groups is 1. The van der Waals surface area contributed by atoms with Crippen LogP contribution in [0, 0.1) is 0 Å². The minimum atomic E-state index is -0.472. The first-order valence-corrected chi connectivity index (χ1v) is 9.69. The van der Waals surface area contributed by atoms with Crippen molar-refractivity contribution >= 4 is 17.3 Å². The zero-order valence-electron chi connectivity index (χ0n) is 15.7. The Morgan fingerprint density at radius 2 is 1.59 bits per heavy atom. The molecule has 1 saturated heterocycles. The van der Waals surface area contributed by atoms with E-state index < -0.39 is 6.10 Å². The van der Waals surface area contributed by atoms with Crippen molar-refractivity contribution in [2.75, 3.05) is 51.3 Å². The summed E-state index contributed by atoms with van der Waals surface area (Å²) in [6, 6.07) is 15.4. The third kappa shape index (κ3) is 6.03. The summed E-state index contributed by atoms with van der Waals surface area (Å²) in [4.78, 5) is 4.78. The standard InChI is InChI=1S/C21H27ClN2O3/c1-26-20-8-4-18(5-9-20)24-14-12-23(13-15-24)11-10-19(25)16-27-21-6-2-17(22)3-7-21/h2-9,19,25H,10-16H2,1H3. The second-order valence-electron chi connectivity index (χ2n) is 6.73. The number of nitrogens with zero attached hydrogens (tertiary/aromatic N) is 2. The van der Waals surface area contributed by atoms with Crippen molar-refractivity contribution in [3.8, 4) is 11.5 Å². The number of anilines is 1. The van der Waals surface area contributed by atoms with E-state index in [-0.39, 0.29) is 0 Å². The van der Waals surface area contributed by atoms with Gasteiger partial charge in [-0.05, 0) is 55.0 Å². The van der Waals surface area contributed by atoms with Crippen molar-refractivity contribution in [2.24, 2.45) is 0 Å². The van der Waals surface area contributed by atoms with Crippen LogP contribution in [0.3, 0.4) is 0 Å². The number of aliphatic hydroxyl groups excluding tert-OH is 1. The van der Waals surface area contributed by atoms with Gasteiger partial charge in [0.2, 0.25) is 0 Å². The van der Waals surface area contributed by atoms with Gasteiger partial charge >= 0.3 is 0 Å². The van der Waals surface area contributed by atoms with Crippen LogP contribution >= 0.6 is 11.6 Å². The van der Waals surface area contributed by atoms with E-state index in [4.69, 9.17) is 21.1 Å². The Bertz CT molecular complexity index is 686. The van der Waals surface area contributed by atoms with Crippen LogP contribution < -0.4 is 14.4 Å². The molecule has 0 aliphatic carbocycles. The van der Waals surface area contributed by atoms with Gasteiger partial charge in [-0.2, -0.15) is 0 Å². The number of rotatable bonds is 8. The van der Waals surface area contributed by atoms with Crippen LogP contribution in [0.4, 0.5) is 5.69 Å². The van der Waals surface area contributed by atoms with E-state index in [0.29, 0.717) is 18.1 Å². The molecule has 0 aromatic heterocycles. The smallest absolute Gasteiger partial charge is 0.119 e. The number of hydrogen-bond acceptors (Lipinski definition) is 5. The van der Waals surface area contributed by atoms with Gasteiger partial charge < -0.3 is 19.5 Å². The summed E-state index contributed by atoms with van der Waals surface area (Å²) in [5, 5.41) is 10.9. The van der Waals surface area contributed by atoms with Crippen LogP contribution in [0.1, 0.15) is 6.42 Å². The molecule has 3 rings (SSSR count). The van der Waals surface area contributed by atoms with E-state index in [2.05, 4.69) is 21.9 Å². The SMILES string of the molecule is COc1ccc(N2CCN(CCC(O)COc3ccc(Cl)cc3)CC2)cc1. The molecule has 1 N–H and O–H groups in total. The van der Waals surface area contributed by atoms with Crippen LogP contribution in [0.25, 0.3) is 0 Å². The van der Waals surface area contributed by atoms with Gasteiger partial charge in [-0.3, -0.25) is 4.90 Å². The molecular weight excluding hydrogens is 364 g/mol. The predicted molar refractivity (Wildman–Crippen MR) is 109 cm³/mol. The maximum atomic E-state index is 10.2. The zero-order valence-corrected chi connectivity index (χ0v) is 16.4. The maximum absolute atomic E-state index is 10.2. The van der Waals surface area contributed by atoms with Gasteiger partial charge in [-0.15, -0.1) is 0 Å². The Morgan fingerprint density at radius 1 is 0.963 bits per heavy atom. The van der Waals surface area contributed by atoms with Crippen molar-refractivity contribution in [1.82, 2.24) is 4.90 Å². The molecule has 6 heteroatoms. The Kier molecular flexibility index (Phi) is 7.21. The molecular formula is C21H27ClN2O3. The summed E-state index contributed by atoms with van der Waals surface area (Å²) in [7, 11) is 1.68. The van der Waals surface area contributed by atoms with Gasteiger partial charge in [-0.1, -0.05) is 11.6 Å². The number of benzene rings is 2. The quantitative estimate of drug-likeness (QED) is 0.749. The Hall–Kier alpha value is -1.95. The Morgan fingerprint density at radius 3 is 2.22 bits per heavy atom. The van der Waals surface area contributed by atoms with Crippen LogP contribution in [0.15, 0.2) is 48.5 Å². The molecule has 1 fully saturated rings. The molecule has 5 nitrogen and oxygen atoms in total. The Balaban J connectivity index is 1.35. The molecule has 1 atom stereocenters. The van der Waals surface area contributed by atoms with Crippen LogP contribution in [-0.4, -0.2) is 62.6 Å². The van der Waals surface area contributed by atoms with Crippen LogP contribution in [0.2, 0.25) is 5.02 Å². The molecule has 0 radical (unpaired) electrons. The van der Waals surface area contributed by atoms with E-state index in [1.165, 1.54) is 5.69 Å². The zero-order chi connectivity index (χ0) is 19.1. The fourth-order valence-corrected chi connectivity index (χ4v) is 3.29. The number of halogens is 1. The number of ether oxygens (including phenoxy) is 2. The minimum Gasteiger partial charge on any atom is -0.497 e. The molecule has 0 spiro atoms. The maximum Gasteiger partial charge on any atom is 0.119 e. The third-order valence-electron chi connectivity index (χ3n) is 4.84. The summed E-state index contributed by atoms with van der Waals surface area (Å²) in [6.07, 6.45) is 0.233. The van der Waals surface area contributed by atoms with Crippen LogP contribution in [-0.2, 0) is 0 Å². The highest BCUT2D eigenvalue weighted by Gasteiger charge is 2.18. The predicted octanol–water partition coefficient (Wildman–Crippen LogP) is 3.30. The van der Waals surface area contributed by atoms with Gasteiger partial charge in [-0.25, -0.2) is 0 Å². The number of methoxy groups -OCH3 is 1. The topological polar surface area (TPSA) is 45.2 Å². The van der Waals surface area contributed by atoms with Gasteiger partial charge in [0.15, 0.2) is 0 Å². The van der Waals surface area contributed by atoms with E-state index in [1.807, 2.05) is 24.3 Å². The molecule has 27 heavy (non-hydrogen) atoms. The second kappa shape index (κ2) is 9.83. The highest BCUT2D eigenvalue weighted by Crippen LogP contribution is 2.20. The van der Waals surface area contributed by atoms with E-state index in [0.717, 1.165) is 44.2 Å². The van der Waals surface area contributed by atoms with Gasteiger partial charge in [0.1, 0.15) is 18.1 Å². The van der Waals surface area contributed by atoms with E-state index >= 15 is 0 Å². The van der Waals surface area contributed by atoms with Crippen LogP contribution in [0.5, 0.6) is 11.5 Å². The van der Waals surface area contributed by atoms with Crippen molar-refractivity contribution in [3.63, 3.8) is 0 Å². The first kappa shape index (κ1) is 19.8. The normalized spacial score (nSPS) is 16.2. The van der Waals surface area contributed by atoms with Gasteiger partial charge in [0.25, 0.3) is 0 Å². The third-order valence-corrected chi connectivity index (χ3v) is 5.10. The molecule has 1 aliphatic heterocycles. The summed E-state index contributed by atoms with van der Waals surface area (Å²) in [5.74, 6) is 1.61. The fourth-order valence-electron chi connectivity index (χ4n) is 3.16. The molecule has 146 valence electrons. The minimum absolute atomic E-state index is 0.299. The summed E-state index contributed by atoms with van der Waals surface area (Å²) < 4.78 is 10.8. The van der Waals surface area contributed by atoms with Gasteiger partial charge in [0, 0.05) is 43.4 Å². The van der Waals surface area contributed by atoms with Crippen molar-refractivity contribution in [1.29, 1.82) is 0 Å². The monoisotopic (exact) mass is 390 g/mol.